The van der Waals surface area contributed by atoms with Crippen molar-refractivity contribution in [1.29, 1.82) is 0 Å². The molecule has 1 saturated heterocycles. The van der Waals surface area contributed by atoms with E-state index >= 15 is 0 Å². The van der Waals surface area contributed by atoms with Gasteiger partial charge in [-0.3, -0.25) is 4.99 Å². The van der Waals surface area contributed by atoms with E-state index in [0.717, 1.165) is 17.2 Å². The van der Waals surface area contributed by atoms with Gasteiger partial charge in [-0.1, -0.05) is 18.7 Å². The molecule has 3 atom stereocenters. The third-order valence-corrected chi connectivity index (χ3v) is 5.12. The molecule has 0 radical (unpaired) electrons. The van der Waals surface area contributed by atoms with Gasteiger partial charge in [-0.25, -0.2) is 0 Å². The summed E-state index contributed by atoms with van der Waals surface area (Å²) >= 11 is 2.04. The molecule has 0 spiro atoms. The van der Waals surface area contributed by atoms with Crippen molar-refractivity contribution in [2.75, 3.05) is 0 Å². The summed E-state index contributed by atoms with van der Waals surface area (Å²) in [6.45, 7) is 11.4. The third kappa shape index (κ3) is 2.81. The molecule has 0 aromatic rings. The van der Waals surface area contributed by atoms with Gasteiger partial charge in [0.2, 0.25) is 0 Å². The van der Waals surface area contributed by atoms with Crippen molar-refractivity contribution in [3.8, 4) is 0 Å². The van der Waals surface area contributed by atoms with Gasteiger partial charge in [-0.05, 0) is 52.9 Å². The Morgan fingerprint density at radius 2 is 1.94 bits per heavy atom. The normalized spacial score (nSPS) is 36.1. The highest BCUT2D eigenvalue weighted by atomic mass is 32.2. The van der Waals surface area contributed by atoms with Crippen LogP contribution in [0.2, 0.25) is 0 Å². The van der Waals surface area contributed by atoms with Crippen LogP contribution in [0.15, 0.2) is 4.99 Å². The topological polar surface area (TPSA) is 15.6 Å². The Morgan fingerprint density at radius 3 is 2.53 bits per heavy atom. The van der Waals surface area contributed by atoms with Gasteiger partial charge in [0.25, 0.3) is 0 Å². The second-order valence-corrected chi connectivity index (χ2v) is 7.35. The van der Waals surface area contributed by atoms with Crippen LogP contribution < -0.4 is 0 Å². The van der Waals surface area contributed by atoms with Gasteiger partial charge in [0.1, 0.15) is 0 Å². The summed E-state index contributed by atoms with van der Waals surface area (Å²) in [5.41, 5.74) is 0. The molecule has 3 heteroatoms. The van der Waals surface area contributed by atoms with Crippen molar-refractivity contribution in [3.63, 3.8) is 0 Å². The summed E-state index contributed by atoms with van der Waals surface area (Å²) in [7, 11) is 0. The van der Waals surface area contributed by atoms with Crippen molar-refractivity contribution >= 4 is 16.9 Å². The van der Waals surface area contributed by atoms with E-state index in [-0.39, 0.29) is 0 Å². The maximum absolute atomic E-state index is 4.83. The SMILES string of the molecule is CC1CCC2C(C1)S/C(=N/C(C)C)N2C(C)C. The lowest BCUT2D eigenvalue weighted by Gasteiger charge is -2.36. The first kappa shape index (κ1) is 13.3. The Hall–Kier alpha value is -0.180. The lowest BCUT2D eigenvalue weighted by Crippen LogP contribution is -2.44. The monoisotopic (exact) mass is 254 g/mol. The molecule has 0 amide bonds. The summed E-state index contributed by atoms with van der Waals surface area (Å²) in [5, 5.41) is 2.10. The van der Waals surface area contributed by atoms with Crippen LogP contribution in [0.3, 0.4) is 0 Å². The predicted molar refractivity (Wildman–Crippen MR) is 77.7 cm³/mol. The first-order valence-corrected chi connectivity index (χ1v) is 7.89. The first-order chi connectivity index (χ1) is 7.99. The zero-order valence-corrected chi connectivity index (χ0v) is 12.6. The maximum atomic E-state index is 4.83. The summed E-state index contributed by atoms with van der Waals surface area (Å²) in [5.74, 6) is 0.899. The molecule has 0 aromatic carbocycles. The van der Waals surface area contributed by atoms with Gasteiger partial charge in [0, 0.05) is 23.4 Å². The molecule has 2 nitrogen and oxygen atoms in total. The third-order valence-electron chi connectivity index (χ3n) is 3.78. The van der Waals surface area contributed by atoms with Gasteiger partial charge < -0.3 is 4.90 Å². The maximum Gasteiger partial charge on any atom is 0.160 e. The smallest absolute Gasteiger partial charge is 0.160 e. The molecule has 2 aliphatic rings. The molecule has 17 heavy (non-hydrogen) atoms. The molecule has 1 heterocycles. The highest BCUT2D eigenvalue weighted by Gasteiger charge is 2.42. The van der Waals surface area contributed by atoms with Crippen molar-refractivity contribution in [3.05, 3.63) is 0 Å². The minimum atomic E-state index is 0.413. The molecule has 0 bridgehead atoms. The van der Waals surface area contributed by atoms with Gasteiger partial charge in [0.05, 0.1) is 0 Å². The van der Waals surface area contributed by atoms with Gasteiger partial charge in [0.15, 0.2) is 5.17 Å². The van der Waals surface area contributed by atoms with E-state index < -0.39 is 0 Å². The van der Waals surface area contributed by atoms with E-state index in [1.807, 2.05) is 11.8 Å². The summed E-state index contributed by atoms with van der Waals surface area (Å²) in [6, 6.07) is 1.74. The van der Waals surface area contributed by atoms with Crippen molar-refractivity contribution in [2.45, 2.75) is 77.3 Å². The molecule has 3 unspecified atom stereocenters. The van der Waals surface area contributed by atoms with Crippen LogP contribution in [-0.2, 0) is 0 Å². The van der Waals surface area contributed by atoms with Crippen molar-refractivity contribution < 1.29 is 0 Å². The van der Waals surface area contributed by atoms with Crippen LogP contribution in [0.25, 0.3) is 0 Å². The van der Waals surface area contributed by atoms with Gasteiger partial charge in [-0.2, -0.15) is 0 Å². The molecule has 98 valence electrons. The number of hydrogen-bond donors (Lipinski definition) is 0. The number of nitrogens with zero attached hydrogens (tertiary/aromatic N) is 2. The lowest BCUT2D eigenvalue weighted by atomic mass is 9.86. The molecule has 1 aliphatic heterocycles. The summed E-state index contributed by atoms with van der Waals surface area (Å²) < 4.78 is 0. The van der Waals surface area contributed by atoms with Crippen LogP contribution >= 0.6 is 11.8 Å². The average Bonchev–Trinajstić information content (AvgIpc) is 2.53. The minimum Gasteiger partial charge on any atom is -0.345 e. The number of aliphatic imine (C=N–C) groups is 1. The Bertz CT molecular complexity index is 299. The second kappa shape index (κ2) is 5.21. The van der Waals surface area contributed by atoms with E-state index in [1.54, 1.807) is 0 Å². The van der Waals surface area contributed by atoms with Gasteiger partial charge >= 0.3 is 0 Å². The van der Waals surface area contributed by atoms with E-state index in [2.05, 4.69) is 39.5 Å². The van der Waals surface area contributed by atoms with Gasteiger partial charge in [-0.15, -0.1) is 0 Å². The fourth-order valence-electron chi connectivity index (χ4n) is 3.02. The lowest BCUT2D eigenvalue weighted by molar-refractivity contribution is 0.204. The quantitative estimate of drug-likeness (QED) is 0.745. The van der Waals surface area contributed by atoms with Crippen molar-refractivity contribution in [2.24, 2.45) is 10.9 Å². The number of rotatable bonds is 2. The zero-order chi connectivity index (χ0) is 12.6. The fraction of sp³-hybridized carbons (Fsp3) is 0.929. The number of thioether (sulfide) groups is 1. The average molecular weight is 254 g/mol. The van der Waals surface area contributed by atoms with E-state index in [9.17, 15) is 0 Å². The predicted octanol–water partition coefficient (Wildman–Crippen LogP) is 3.77. The summed E-state index contributed by atoms with van der Waals surface area (Å²) in [4.78, 5) is 7.42. The number of hydrogen-bond acceptors (Lipinski definition) is 2. The second-order valence-electron chi connectivity index (χ2n) is 6.15. The highest BCUT2D eigenvalue weighted by Crippen LogP contribution is 2.43. The minimum absolute atomic E-state index is 0.413. The fourth-order valence-corrected chi connectivity index (χ4v) is 4.88. The van der Waals surface area contributed by atoms with E-state index in [0.29, 0.717) is 12.1 Å². The molecule has 0 N–H and O–H groups in total. The number of amidine groups is 1. The Kier molecular flexibility index (Phi) is 4.06. The zero-order valence-electron chi connectivity index (χ0n) is 11.8. The molecule has 1 saturated carbocycles. The Balaban J connectivity index is 2.19. The van der Waals surface area contributed by atoms with Crippen LogP contribution in [0.1, 0.15) is 53.9 Å². The van der Waals surface area contributed by atoms with Crippen LogP contribution in [0.5, 0.6) is 0 Å². The largest absolute Gasteiger partial charge is 0.345 e. The van der Waals surface area contributed by atoms with E-state index in [1.165, 1.54) is 24.4 Å². The van der Waals surface area contributed by atoms with Crippen LogP contribution in [0.4, 0.5) is 0 Å². The van der Waals surface area contributed by atoms with Crippen LogP contribution in [-0.4, -0.2) is 33.4 Å². The standard InChI is InChI=1S/C14H26N2S/c1-9(2)15-14-16(10(3)4)12-7-6-11(5)8-13(12)17-14/h9-13H,6-8H2,1-5H3/b15-14+. The number of fused-ring (bicyclic) bond motifs is 1. The Labute approximate surface area is 110 Å². The highest BCUT2D eigenvalue weighted by molar-refractivity contribution is 8.14. The van der Waals surface area contributed by atoms with Crippen molar-refractivity contribution in [1.82, 2.24) is 4.90 Å². The first-order valence-electron chi connectivity index (χ1n) is 7.01. The van der Waals surface area contributed by atoms with Crippen LogP contribution in [0, 0.1) is 5.92 Å². The molecule has 0 aromatic heterocycles. The molecule has 2 fully saturated rings. The molecule has 1 aliphatic carbocycles. The molecular weight excluding hydrogens is 228 g/mol. The molecule has 2 rings (SSSR count). The molecular formula is C14H26N2S. The summed E-state index contributed by atoms with van der Waals surface area (Å²) in [6.07, 6.45) is 4.11. The van der Waals surface area contributed by atoms with E-state index in [4.69, 9.17) is 4.99 Å². The Morgan fingerprint density at radius 1 is 1.24 bits per heavy atom.